The van der Waals surface area contributed by atoms with Crippen molar-refractivity contribution in [1.29, 1.82) is 0 Å². The largest absolute Gasteiger partial charge is 0.316 e. The molecule has 0 saturated carbocycles. The summed E-state index contributed by atoms with van der Waals surface area (Å²) in [6.45, 7) is 0.489. The van der Waals surface area contributed by atoms with Gasteiger partial charge in [0.1, 0.15) is 0 Å². The van der Waals surface area contributed by atoms with Crippen molar-refractivity contribution in [3.63, 3.8) is 0 Å². The maximum atomic E-state index is 10.8. The smallest absolute Gasteiger partial charge is 0.288 e. The lowest BCUT2D eigenvalue weighted by Gasteiger charge is -1.95. The molecule has 1 fully saturated rings. The minimum absolute atomic E-state index is 0.224. The maximum absolute atomic E-state index is 10.8. The molecule has 1 aliphatic rings. The minimum atomic E-state index is -0.664. The molecular weight excluding hydrogens is 216 g/mol. The molecule has 2 amide bonds. The molecule has 0 spiro atoms. The molecule has 1 aromatic rings. The number of hydrogen-bond donors (Lipinski definition) is 2. The number of amides is 2. The van der Waals surface area contributed by atoms with Crippen LogP contribution in [0.5, 0.6) is 0 Å². The van der Waals surface area contributed by atoms with Crippen molar-refractivity contribution >= 4 is 29.1 Å². The predicted molar refractivity (Wildman–Crippen MR) is 54.4 cm³/mol. The highest BCUT2D eigenvalue weighted by atomic mass is 32.1. The van der Waals surface area contributed by atoms with Gasteiger partial charge in [-0.2, -0.15) is 0 Å². The highest BCUT2D eigenvalue weighted by Gasteiger charge is 2.24. The fraction of sp³-hybridized carbons (Fsp3) is 0.250. The van der Waals surface area contributed by atoms with Crippen molar-refractivity contribution in [2.75, 3.05) is 6.54 Å². The lowest BCUT2D eigenvalue weighted by atomic mass is 10.4. The van der Waals surface area contributed by atoms with Gasteiger partial charge in [-0.1, -0.05) is 0 Å². The Bertz CT molecular complexity index is 394. The summed E-state index contributed by atoms with van der Waals surface area (Å²) in [5.74, 6) is -1.10. The van der Waals surface area contributed by atoms with Crippen LogP contribution in [0, 0.1) is 0 Å². The summed E-state index contributed by atoms with van der Waals surface area (Å²) in [6, 6.07) is 0. The number of thiazole rings is 1. The van der Waals surface area contributed by atoms with Crippen LogP contribution in [0.15, 0.2) is 16.6 Å². The number of carbonyl (C=O) groups is 2. The standard InChI is InChI=1S/C8H8N4O2S/c13-6-7(14)12-8(11-6)10-2-1-5-9-3-4-15-5/h3-4H,1-2H2,(H2,10,11,12,13,14). The first-order valence-electron chi connectivity index (χ1n) is 4.31. The van der Waals surface area contributed by atoms with Crippen LogP contribution in [0.2, 0.25) is 0 Å². The van der Waals surface area contributed by atoms with Gasteiger partial charge in [0.25, 0.3) is 0 Å². The summed E-state index contributed by atoms with van der Waals surface area (Å²) in [6.07, 6.45) is 2.43. The zero-order valence-electron chi connectivity index (χ0n) is 7.69. The molecular formula is C8H8N4O2S. The topological polar surface area (TPSA) is 83.4 Å². The van der Waals surface area contributed by atoms with Crippen LogP contribution in [0.4, 0.5) is 0 Å². The minimum Gasteiger partial charge on any atom is -0.288 e. The Morgan fingerprint density at radius 2 is 2.07 bits per heavy atom. The predicted octanol–water partition coefficient (Wildman–Crippen LogP) is -0.712. The number of aliphatic imine (C=N–C) groups is 1. The highest BCUT2D eigenvalue weighted by Crippen LogP contribution is 2.04. The summed E-state index contributed by atoms with van der Waals surface area (Å²) in [4.78, 5) is 29.6. The fourth-order valence-electron chi connectivity index (χ4n) is 1.08. The number of nitrogens with zero attached hydrogens (tertiary/aromatic N) is 2. The van der Waals surface area contributed by atoms with E-state index in [-0.39, 0.29) is 5.96 Å². The molecule has 1 aromatic heterocycles. The first-order valence-corrected chi connectivity index (χ1v) is 5.19. The van der Waals surface area contributed by atoms with Gasteiger partial charge in [-0.05, 0) is 0 Å². The number of guanidine groups is 1. The van der Waals surface area contributed by atoms with Gasteiger partial charge in [-0.3, -0.25) is 25.2 Å². The maximum Gasteiger partial charge on any atom is 0.316 e. The number of nitrogens with one attached hydrogen (secondary N) is 2. The second kappa shape index (κ2) is 4.18. The molecule has 0 aliphatic carbocycles. The van der Waals surface area contributed by atoms with E-state index in [1.807, 2.05) is 5.38 Å². The first kappa shape index (κ1) is 9.78. The average Bonchev–Trinajstić information content (AvgIpc) is 2.79. The summed E-state index contributed by atoms with van der Waals surface area (Å²) >= 11 is 1.55. The summed E-state index contributed by atoms with van der Waals surface area (Å²) in [5.41, 5.74) is 0. The van der Waals surface area contributed by atoms with Crippen molar-refractivity contribution < 1.29 is 9.59 Å². The molecule has 6 nitrogen and oxygen atoms in total. The Labute approximate surface area is 89.4 Å². The zero-order chi connectivity index (χ0) is 10.7. The van der Waals surface area contributed by atoms with Gasteiger partial charge >= 0.3 is 11.8 Å². The quantitative estimate of drug-likeness (QED) is 0.665. The van der Waals surface area contributed by atoms with Crippen molar-refractivity contribution in [2.45, 2.75) is 6.42 Å². The summed E-state index contributed by atoms with van der Waals surface area (Å²) < 4.78 is 0. The van der Waals surface area contributed by atoms with E-state index in [9.17, 15) is 9.59 Å². The summed E-state index contributed by atoms with van der Waals surface area (Å²) in [7, 11) is 0. The van der Waals surface area contributed by atoms with Gasteiger partial charge < -0.3 is 0 Å². The number of rotatable bonds is 3. The molecule has 0 radical (unpaired) electrons. The van der Waals surface area contributed by atoms with Gasteiger partial charge in [-0.25, -0.2) is 4.98 Å². The van der Waals surface area contributed by atoms with Crippen LogP contribution in [0.3, 0.4) is 0 Å². The van der Waals surface area contributed by atoms with E-state index in [0.717, 1.165) is 5.01 Å². The summed E-state index contributed by atoms with van der Waals surface area (Å²) in [5, 5.41) is 7.51. The zero-order valence-corrected chi connectivity index (χ0v) is 8.50. The van der Waals surface area contributed by atoms with E-state index in [4.69, 9.17) is 0 Å². The molecule has 2 rings (SSSR count). The lowest BCUT2D eigenvalue weighted by Crippen LogP contribution is -2.26. The Morgan fingerprint density at radius 3 is 2.67 bits per heavy atom. The third kappa shape index (κ3) is 2.38. The van der Waals surface area contributed by atoms with Crippen LogP contribution in [0.25, 0.3) is 0 Å². The second-order valence-corrected chi connectivity index (χ2v) is 3.79. The van der Waals surface area contributed by atoms with Crippen molar-refractivity contribution in [2.24, 2.45) is 4.99 Å². The Balaban J connectivity index is 1.85. The molecule has 1 aliphatic heterocycles. The molecule has 7 heteroatoms. The third-order valence-electron chi connectivity index (χ3n) is 1.75. The second-order valence-electron chi connectivity index (χ2n) is 2.81. The van der Waals surface area contributed by atoms with Crippen molar-refractivity contribution in [3.05, 3.63) is 16.6 Å². The highest BCUT2D eigenvalue weighted by molar-refractivity contribution is 7.09. The van der Waals surface area contributed by atoms with Crippen LogP contribution in [-0.2, 0) is 16.0 Å². The SMILES string of the molecule is O=C1NC(=NCCc2nccs2)NC1=O. The van der Waals surface area contributed by atoms with E-state index >= 15 is 0 Å². The van der Waals surface area contributed by atoms with E-state index in [2.05, 4.69) is 20.6 Å². The molecule has 15 heavy (non-hydrogen) atoms. The van der Waals surface area contributed by atoms with Gasteiger partial charge in [-0.15, -0.1) is 11.3 Å². The number of carbonyl (C=O) groups excluding carboxylic acids is 2. The molecule has 1 saturated heterocycles. The van der Waals surface area contributed by atoms with E-state index in [1.165, 1.54) is 0 Å². The monoisotopic (exact) mass is 224 g/mol. The molecule has 0 unspecified atom stereocenters. The van der Waals surface area contributed by atoms with E-state index in [1.54, 1.807) is 17.5 Å². The van der Waals surface area contributed by atoms with Gasteiger partial charge in [0.15, 0.2) is 0 Å². The Hall–Kier alpha value is -1.76. The van der Waals surface area contributed by atoms with Crippen LogP contribution in [-0.4, -0.2) is 29.3 Å². The normalized spacial score (nSPS) is 15.1. The van der Waals surface area contributed by atoms with Gasteiger partial charge in [0, 0.05) is 24.5 Å². The van der Waals surface area contributed by atoms with Crippen LogP contribution < -0.4 is 10.6 Å². The van der Waals surface area contributed by atoms with Crippen LogP contribution >= 0.6 is 11.3 Å². The molecule has 0 atom stereocenters. The third-order valence-corrected chi connectivity index (χ3v) is 2.59. The molecule has 2 N–H and O–H groups in total. The van der Waals surface area contributed by atoms with E-state index < -0.39 is 11.8 Å². The number of aromatic nitrogens is 1. The first-order chi connectivity index (χ1) is 7.25. The molecule has 2 heterocycles. The molecule has 0 aromatic carbocycles. The fourth-order valence-corrected chi connectivity index (χ4v) is 1.69. The van der Waals surface area contributed by atoms with Crippen molar-refractivity contribution in [3.8, 4) is 0 Å². The lowest BCUT2D eigenvalue weighted by molar-refractivity contribution is -0.135. The van der Waals surface area contributed by atoms with Gasteiger partial charge in [0.2, 0.25) is 5.96 Å². The van der Waals surface area contributed by atoms with E-state index in [0.29, 0.717) is 13.0 Å². The van der Waals surface area contributed by atoms with Crippen LogP contribution in [0.1, 0.15) is 5.01 Å². The molecule has 0 bridgehead atoms. The Morgan fingerprint density at radius 1 is 1.33 bits per heavy atom. The van der Waals surface area contributed by atoms with Gasteiger partial charge in [0.05, 0.1) is 5.01 Å². The molecule has 78 valence electrons. The number of hydrogen-bond acceptors (Lipinski definition) is 5. The van der Waals surface area contributed by atoms with Crippen molar-refractivity contribution in [1.82, 2.24) is 15.6 Å². The Kier molecular flexibility index (Phi) is 2.72. The average molecular weight is 224 g/mol.